The van der Waals surface area contributed by atoms with E-state index in [4.69, 9.17) is 5.73 Å². The Hall–Kier alpha value is -1.51. The molecule has 13 heavy (non-hydrogen) atoms. The van der Waals surface area contributed by atoms with E-state index in [2.05, 4.69) is 22.0 Å². The summed E-state index contributed by atoms with van der Waals surface area (Å²) in [5, 5.41) is 0. The molecule has 2 aliphatic rings. The van der Waals surface area contributed by atoms with Crippen LogP contribution in [0.1, 0.15) is 18.0 Å². The van der Waals surface area contributed by atoms with E-state index in [1.807, 2.05) is 12.1 Å². The number of para-hydroxylation sites is 1. The molecule has 1 unspecified atom stereocenters. The Bertz CT molecular complexity index is 384. The number of aliphatic imine (C=N–C) groups is 1. The van der Waals surface area contributed by atoms with Gasteiger partial charge in [0.1, 0.15) is 0 Å². The predicted molar refractivity (Wildman–Crippen MR) is 51.8 cm³/mol. The number of benzene rings is 1. The Labute approximate surface area is 76.9 Å². The summed E-state index contributed by atoms with van der Waals surface area (Å²) in [7, 11) is 0. The van der Waals surface area contributed by atoms with E-state index >= 15 is 0 Å². The second kappa shape index (κ2) is 2.25. The van der Waals surface area contributed by atoms with E-state index in [0.29, 0.717) is 12.0 Å². The molecule has 0 aliphatic carbocycles. The zero-order chi connectivity index (χ0) is 8.84. The SMILES string of the molecule is NC1=Nc2ccccc2C2CCN12. The molecule has 3 nitrogen and oxygen atoms in total. The Morgan fingerprint density at radius 1 is 1.38 bits per heavy atom. The highest BCUT2D eigenvalue weighted by Crippen LogP contribution is 2.41. The number of rotatable bonds is 0. The van der Waals surface area contributed by atoms with Crippen LogP contribution >= 0.6 is 0 Å². The fraction of sp³-hybridized carbons (Fsp3) is 0.300. The zero-order valence-electron chi connectivity index (χ0n) is 7.27. The van der Waals surface area contributed by atoms with E-state index in [1.54, 1.807) is 0 Å². The molecule has 1 aromatic carbocycles. The molecule has 2 N–H and O–H groups in total. The fourth-order valence-corrected chi connectivity index (χ4v) is 2.04. The monoisotopic (exact) mass is 173 g/mol. The van der Waals surface area contributed by atoms with Gasteiger partial charge in [-0.25, -0.2) is 4.99 Å². The second-order valence-corrected chi connectivity index (χ2v) is 3.53. The van der Waals surface area contributed by atoms with Crippen molar-refractivity contribution in [1.82, 2.24) is 4.90 Å². The summed E-state index contributed by atoms with van der Waals surface area (Å²) in [5.74, 6) is 0.676. The van der Waals surface area contributed by atoms with E-state index in [9.17, 15) is 0 Å². The molecule has 3 heteroatoms. The Balaban J connectivity index is 2.18. The molecule has 1 aromatic rings. The van der Waals surface area contributed by atoms with Crippen molar-refractivity contribution in [3.8, 4) is 0 Å². The lowest BCUT2D eigenvalue weighted by molar-refractivity contribution is 0.181. The van der Waals surface area contributed by atoms with Crippen LogP contribution in [0.4, 0.5) is 5.69 Å². The number of fused-ring (bicyclic) bond motifs is 3. The van der Waals surface area contributed by atoms with Crippen LogP contribution < -0.4 is 5.73 Å². The van der Waals surface area contributed by atoms with Crippen LogP contribution in [0, 0.1) is 0 Å². The summed E-state index contributed by atoms with van der Waals surface area (Å²) >= 11 is 0. The maximum absolute atomic E-state index is 5.81. The van der Waals surface area contributed by atoms with Crippen molar-refractivity contribution in [3.05, 3.63) is 29.8 Å². The first-order chi connectivity index (χ1) is 6.36. The maximum atomic E-state index is 5.81. The van der Waals surface area contributed by atoms with Gasteiger partial charge in [-0.05, 0) is 12.5 Å². The van der Waals surface area contributed by atoms with Crippen molar-refractivity contribution in [3.63, 3.8) is 0 Å². The van der Waals surface area contributed by atoms with Gasteiger partial charge in [-0.2, -0.15) is 0 Å². The molecule has 0 amide bonds. The minimum atomic E-state index is 0.494. The van der Waals surface area contributed by atoms with Crippen LogP contribution in [-0.2, 0) is 0 Å². The van der Waals surface area contributed by atoms with Crippen LogP contribution in [0.2, 0.25) is 0 Å². The molecule has 66 valence electrons. The van der Waals surface area contributed by atoms with Crippen LogP contribution in [0.5, 0.6) is 0 Å². The molecule has 1 atom stereocenters. The molecule has 0 radical (unpaired) electrons. The number of hydrogen-bond acceptors (Lipinski definition) is 3. The summed E-state index contributed by atoms with van der Waals surface area (Å²) in [4.78, 5) is 6.50. The minimum absolute atomic E-state index is 0.494. The first-order valence-corrected chi connectivity index (χ1v) is 4.56. The highest BCUT2D eigenvalue weighted by atomic mass is 15.3. The molecule has 2 heterocycles. The molecule has 0 aromatic heterocycles. The smallest absolute Gasteiger partial charge is 0.197 e. The van der Waals surface area contributed by atoms with Crippen LogP contribution in [0.25, 0.3) is 0 Å². The van der Waals surface area contributed by atoms with Crippen molar-refractivity contribution < 1.29 is 0 Å². The quantitative estimate of drug-likeness (QED) is 0.644. The summed E-state index contributed by atoms with van der Waals surface area (Å²) in [6, 6.07) is 8.73. The molecule has 2 aliphatic heterocycles. The average Bonchev–Trinajstić information content (AvgIpc) is 2.04. The third kappa shape index (κ3) is 0.813. The highest BCUT2D eigenvalue weighted by molar-refractivity contribution is 5.85. The molecule has 0 bridgehead atoms. The number of nitrogens with two attached hydrogens (primary N) is 1. The van der Waals surface area contributed by atoms with Crippen molar-refractivity contribution in [2.75, 3.05) is 6.54 Å². The van der Waals surface area contributed by atoms with Crippen molar-refractivity contribution in [2.45, 2.75) is 12.5 Å². The zero-order valence-corrected chi connectivity index (χ0v) is 7.27. The van der Waals surface area contributed by atoms with Gasteiger partial charge in [0.25, 0.3) is 0 Å². The predicted octanol–water partition coefficient (Wildman–Crippen LogP) is 1.39. The Kier molecular flexibility index (Phi) is 1.20. The Morgan fingerprint density at radius 2 is 2.23 bits per heavy atom. The normalized spacial score (nSPS) is 24.2. The summed E-state index contributed by atoms with van der Waals surface area (Å²) in [6.45, 7) is 1.05. The van der Waals surface area contributed by atoms with Crippen LogP contribution in [0.3, 0.4) is 0 Å². The van der Waals surface area contributed by atoms with Crippen molar-refractivity contribution >= 4 is 11.6 Å². The number of nitrogens with zero attached hydrogens (tertiary/aromatic N) is 2. The molecule has 3 rings (SSSR count). The average molecular weight is 173 g/mol. The third-order valence-electron chi connectivity index (χ3n) is 2.84. The molecule has 0 saturated carbocycles. The standard InChI is InChI=1S/C10H11N3/c11-10-12-8-4-2-1-3-7(8)9-5-6-13(9)10/h1-4,9H,5-6H2,(H2,11,12). The van der Waals surface area contributed by atoms with E-state index < -0.39 is 0 Å². The summed E-state index contributed by atoms with van der Waals surface area (Å²) in [5.41, 5.74) is 8.18. The summed E-state index contributed by atoms with van der Waals surface area (Å²) < 4.78 is 0. The van der Waals surface area contributed by atoms with Crippen molar-refractivity contribution in [1.29, 1.82) is 0 Å². The van der Waals surface area contributed by atoms with Gasteiger partial charge in [0, 0.05) is 12.1 Å². The second-order valence-electron chi connectivity index (χ2n) is 3.53. The lowest BCUT2D eigenvalue weighted by Gasteiger charge is -2.44. The number of guanidine groups is 1. The van der Waals surface area contributed by atoms with Crippen LogP contribution in [0.15, 0.2) is 29.3 Å². The topological polar surface area (TPSA) is 41.6 Å². The third-order valence-corrected chi connectivity index (χ3v) is 2.84. The minimum Gasteiger partial charge on any atom is -0.369 e. The van der Waals surface area contributed by atoms with Crippen molar-refractivity contribution in [2.24, 2.45) is 10.7 Å². The lowest BCUT2D eigenvalue weighted by atomic mass is 9.92. The van der Waals surface area contributed by atoms with Gasteiger partial charge in [0.2, 0.25) is 0 Å². The van der Waals surface area contributed by atoms with Crippen LogP contribution in [-0.4, -0.2) is 17.4 Å². The van der Waals surface area contributed by atoms with Gasteiger partial charge in [0.05, 0.1) is 11.7 Å². The molecule has 1 saturated heterocycles. The molecular formula is C10H11N3. The fourth-order valence-electron chi connectivity index (χ4n) is 2.04. The van der Waals surface area contributed by atoms with Gasteiger partial charge in [-0.3, -0.25) is 0 Å². The van der Waals surface area contributed by atoms with Gasteiger partial charge in [-0.1, -0.05) is 18.2 Å². The maximum Gasteiger partial charge on any atom is 0.197 e. The van der Waals surface area contributed by atoms with E-state index in [-0.39, 0.29) is 0 Å². The molecule has 1 fully saturated rings. The lowest BCUT2D eigenvalue weighted by Crippen LogP contribution is -2.50. The van der Waals surface area contributed by atoms with E-state index in [0.717, 1.165) is 12.2 Å². The van der Waals surface area contributed by atoms with Gasteiger partial charge in [-0.15, -0.1) is 0 Å². The first kappa shape index (κ1) is 6.95. The molecule has 0 spiro atoms. The van der Waals surface area contributed by atoms with Gasteiger partial charge in [0.15, 0.2) is 5.96 Å². The highest BCUT2D eigenvalue weighted by Gasteiger charge is 2.35. The summed E-state index contributed by atoms with van der Waals surface area (Å²) in [6.07, 6.45) is 1.20. The van der Waals surface area contributed by atoms with E-state index in [1.165, 1.54) is 12.0 Å². The first-order valence-electron chi connectivity index (χ1n) is 4.56. The van der Waals surface area contributed by atoms with Gasteiger partial charge < -0.3 is 10.6 Å². The largest absolute Gasteiger partial charge is 0.369 e. The van der Waals surface area contributed by atoms with Gasteiger partial charge >= 0.3 is 0 Å². The number of hydrogen-bond donors (Lipinski definition) is 1. The molecular weight excluding hydrogens is 162 g/mol. The Morgan fingerprint density at radius 3 is 3.00 bits per heavy atom.